The van der Waals surface area contributed by atoms with Crippen LogP contribution < -0.4 is 0 Å². The van der Waals surface area contributed by atoms with Crippen LogP contribution in [-0.2, 0) is 5.41 Å². The molecule has 0 radical (unpaired) electrons. The second-order valence-electron chi connectivity index (χ2n) is 14.7. The predicted octanol–water partition coefficient (Wildman–Crippen LogP) is 12.6. The topological polar surface area (TPSA) is 56.5 Å². The summed E-state index contributed by atoms with van der Waals surface area (Å²) in [6.45, 7) is 4.65. The molecular weight excluding hydrogens is 691 g/mol. The molecule has 3 aromatic heterocycles. The van der Waals surface area contributed by atoms with Crippen LogP contribution in [0.15, 0.2) is 164 Å². The Morgan fingerprint density at radius 2 is 1.07 bits per heavy atom. The summed E-state index contributed by atoms with van der Waals surface area (Å²) in [5.41, 5.74) is 13.3. The predicted molar refractivity (Wildman–Crippen MR) is 227 cm³/mol. The van der Waals surface area contributed by atoms with Gasteiger partial charge in [0, 0.05) is 38.4 Å². The summed E-state index contributed by atoms with van der Waals surface area (Å²) in [6.07, 6.45) is 0. The Morgan fingerprint density at radius 3 is 1.78 bits per heavy atom. The van der Waals surface area contributed by atoms with E-state index in [-0.39, 0.29) is 5.41 Å². The zero-order valence-electron chi connectivity index (χ0n) is 30.2. The minimum atomic E-state index is -0.235. The molecule has 3 heterocycles. The van der Waals surface area contributed by atoms with E-state index in [1.807, 2.05) is 12.1 Å². The summed E-state index contributed by atoms with van der Waals surface area (Å²) in [4.78, 5) is 20.9. The van der Waals surface area contributed by atoms with Crippen molar-refractivity contribution >= 4 is 43.4 Å². The number of thiazole rings is 1. The molecule has 0 amide bonds. The molecule has 0 unspecified atom stereocenters. The van der Waals surface area contributed by atoms with Gasteiger partial charge in [-0.05, 0) is 58.1 Å². The van der Waals surface area contributed by atoms with Crippen molar-refractivity contribution in [3.63, 3.8) is 0 Å². The van der Waals surface area contributed by atoms with E-state index < -0.39 is 0 Å². The van der Waals surface area contributed by atoms with E-state index in [2.05, 4.69) is 170 Å². The summed E-state index contributed by atoms with van der Waals surface area (Å²) < 4.78 is 3.41. The normalized spacial score (nSPS) is 13.1. The summed E-state index contributed by atoms with van der Waals surface area (Å²) in [5.74, 6) is 1.85. The van der Waals surface area contributed by atoms with Gasteiger partial charge < -0.3 is 0 Å². The third-order valence-corrected chi connectivity index (χ3v) is 12.2. The number of hydrogen-bond donors (Lipinski definition) is 0. The van der Waals surface area contributed by atoms with Gasteiger partial charge in [-0.1, -0.05) is 147 Å². The smallest absolute Gasteiger partial charge is 0.238 e. The molecule has 10 aromatic rings. The van der Waals surface area contributed by atoms with Crippen LogP contribution in [0.3, 0.4) is 0 Å². The van der Waals surface area contributed by atoms with Crippen molar-refractivity contribution in [3.8, 4) is 61.5 Å². The third-order valence-electron chi connectivity index (χ3n) is 11.1. The van der Waals surface area contributed by atoms with Crippen LogP contribution in [0.4, 0.5) is 0 Å². The molecule has 0 fully saturated rings. The zero-order valence-corrected chi connectivity index (χ0v) is 31.0. The zero-order chi connectivity index (χ0) is 36.7. The molecule has 0 bridgehead atoms. The van der Waals surface area contributed by atoms with Crippen molar-refractivity contribution in [1.29, 1.82) is 0 Å². The van der Waals surface area contributed by atoms with E-state index in [0.29, 0.717) is 17.6 Å². The van der Waals surface area contributed by atoms with E-state index in [0.717, 1.165) is 60.1 Å². The molecule has 0 saturated carbocycles. The van der Waals surface area contributed by atoms with Crippen LogP contribution >= 0.6 is 11.3 Å². The largest absolute Gasteiger partial charge is 0.278 e. The van der Waals surface area contributed by atoms with Crippen LogP contribution in [0.5, 0.6) is 0 Å². The quantitative estimate of drug-likeness (QED) is 0.177. The van der Waals surface area contributed by atoms with Crippen LogP contribution in [0.1, 0.15) is 25.0 Å². The number of hydrogen-bond acceptors (Lipinski definition) is 5. The fourth-order valence-electron chi connectivity index (χ4n) is 8.38. The van der Waals surface area contributed by atoms with E-state index >= 15 is 0 Å². The van der Waals surface area contributed by atoms with Gasteiger partial charge in [-0.25, -0.2) is 9.97 Å². The van der Waals surface area contributed by atoms with Crippen LogP contribution in [-0.4, -0.2) is 24.5 Å². The molecule has 5 nitrogen and oxygen atoms in total. The molecule has 7 aromatic carbocycles. The van der Waals surface area contributed by atoms with E-state index in [1.54, 1.807) is 11.3 Å². The number of fused-ring (bicyclic) bond motifs is 8. The SMILES string of the molecule is CC1(C)c2cc(-c3nc(-c4cccc(-c5ccccc5)c4)nc(-n4c5ccccc5c5ccccc54)n3)ccc2-c2c1ccc1nc(-c3ccccc3)sc21. The summed E-state index contributed by atoms with van der Waals surface area (Å²) >= 11 is 1.78. The van der Waals surface area contributed by atoms with Crippen LogP contribution in [0, 0.1) is 0 Å². The van der Waals surface area contributed by atoms with Gasteiger partial charge in [0.1, 0.15) is 5.01 Å². The highest BCUT2D eigenvalue weighted by molar-refractivity contribution is 7.22. The van der Waals surface area contributed by atoms with Crippen LogP contribution in [0.2, 0.25) is 0 Å². The maximum Gasteiger partial charge on any atom is 0.238 e. The van der Waals surface area contributed by atoms with Crippen molar-refractivity contribution in [1.82, 2.24) is 24.5 Å². The molecular formula is C49H33N5S. The van der Waals surface area contributed by atoms with Gasteiger partial charge in [-0.2, -0.15) is 9.97 Å². The lowest BCUT2D eigenvalue weighted by atomic mass is 9.82. The Bertz CT molecular complexity index is 3070. The molecule has 0 spiro atoms. The van der Waals surface area contributed by atoms with Crippen molar-refractivity contribution in [2.75, 3.05) is 0 Å². The molecule has 0 atom stereocenters. The number of aromatic nitrogens is 5. The lowest BCUT2D eigenvalue weighted by Crippen LogP contribution is -2.15. The fraction of sp³-hybridized carbons (Fsp3) is 0.0612. The van der Waals surface area contributed by atoms with Gasteiger partial charge in [0.2, 0.25) is 5.95 Å². The first kappa shape index (κ1) is 31.7. The molecule has 6 heteroatoms. The summed E-state index contributed by atoms with van der Waals surface area (Å²) in [5, 5.41) is 3.36. The Balaban J connectivity index is 1.11. The lowest BCUT2D eigenvalue weighted by Gasteiger charge is -2.22. The minimum Gasteiger partial charge on any atom is -0.278 e. The Hall–Kier alpha value is -6.76. The summed E-state index contributed by atoms with van der Waals surface area (Å²) in [6, 6.07) is 57.6. The molecule has 0 aliphatic heterocycles. The maximum absolute atomic E-state index is 5.29. The molecule has 1 aliphatic carbocycles. The van der Waals surface area contributed by atoms with Crippen molar-refractivity contribution in [3.05, 3.63) is 175 Å². The number of benzene rings is 7. The standard InChI is InChI=1S/C49H33N5S/c1-49(2)38-26-27-40-44(55-47(50-40)31-16-7-4-8-17-31)43(38)37-25-24-34(29-39(37)49)46-51-45(33-19-13-18-32(28-33)30-14-5-3-6-15-30)52-48(53-46)54-41-22-11-9-20-35(41)36-21-10-12-23-42(36)54/h3-29H,1-2H3. The second kappa shape index (κ2) is 12.1. The van der Waals surface area contributed by atoms with E-state index in [9.17, 15) is 0 Å². The summed E-state index contributed by atoms with van der Waals surface area (Å²) in [7, 11) is 0. The fourth-order valence-corrected chi connectivity index (χ4v) is 9.51. The Kier molecular flexibility index (Phi) is 7.00. The van der Waals surface area contributed by atoms with Gasteiger partial charge in [0.15, 0.2) is 11.6 Å². The number of para-hydroxylation sites is 2. The molecule has 260 valence electrons. The third kappa shape index (κ3) is 4.99. The highest BCUT2D eigenvalue weighted by Gasteiger charge is 2.37. The molecule has 55 heavy (non-hydrogen) atoms. The lowest BCUT2D eigenvalue weighted by molar-refractivity contribution is 0.661. The average molecular weight is 724 g/mol. The number of rotatable bonds is 5. The highest BCUT2D eigenvalue weighted by Crippen LogP contribution is 2.53. The van der Waals surface area contributed by atoms with Crippen molar-refractivity contribution in [2.45, 2.75) is 19.3 Å². The molecule has 0 N–H and O–H groups in total. The van der Waals surface area contributed by atoms with E-state index in [4.69, 9.17) is 19.9 Å². The van der Waals surface area contributed by atoms with Gasteiger partial charge in [0.25, 0.3) is 0 Å². The highest BCUT2D eigenvalue weighted by atomic mass is 32.1. The Morgan fingerprint density at radius 1 is 0.473 bits per heavy atom. The number of nitrogens with zero attached hydrogens (tertiary/aromatic N) is 5. The second-order valence-corrected chi connectivity index (χ2v) is 15.7. The molecule has 11 rings (SSSR count). The van der Waals surface area contributed by atoms with Gasteiger partial charge in [-0.3, -0.25) is 4.57 Å². The van der Waals surface area contributed by atoms with Crippen molar-refractivity contribution in [2.24, 2.45) is 0 Å². The van der Waals surface area contributed by atoms with Crippen molar-refractivity contribution < 1.29 is 0 Å². The van der Waals surface area contributed by atoms with Crippen LogP contribution in [0.25, 0.3) is 93.6 Å². The monoisotopic (exact) mass is 723 g/mol. The minimum absolute atomic E-state index is 0.235. The first-order valence-electron chi connectivity index (χ1n) is 18.6. The van der Waals surface area contributed by atoms with Gasteiger partial charge in [0.05, 0.1) is 21.3 Å². The van der Waals surface area contributed by atoms with Gasteiger partial charge >= 0.3 is 0 Å². The first-order chi connectivity index (χ1) is 27.0. The molecule has 1 aliphatic rings. The average Bonchev–Trinajstić information content (AvgIpc) is 3.90. The molecule has 0 saturated heterocycles. The Labute approximate surface area is 322 Å². The van der Waals surface area contributed by atoms with E-state index in [1.165, 1.54) is 27.0 Å². The first-order valence-corrected chi connectivity index (χ1v) is 19.4. The maximum atomic E-state index is 5.29. The van der Waals surface area contributed by atoms with Gasteiger partial charge in [-0.15, -0.1) is 11.3 Å².